The Kier molecular flexibility index (Phi) is 39.6. The summed E-state index contributed by atoms with van der Waals surface area (Å²) >= 11 is 0. The molecule has 1 amide bonds. The van der Waals surface area contributed by atoms with Crippen molar-refractivity contribution in [2.45, 2.75) is 239 Å². The highest BCUT2D eigenvalue weighted by atomic mass is 31.2. The van der Waals surface area contributed by atoms with Crippen molar-refractivity contribution in [2.24, 2.45) is 0 Å². The Morgan fingerprint density at radius 3 is 1.25 bits per heavy atom. The number of carbonyl (C=O) groups excluding carboxylic acids is 3. The molecule has 0 aromatic carbocycles. The summed E-state index contributed by atoms with van der Waals surface area (Å²) in [5.74, 6) is -1.06. The van der Waals surface area contributed by atoms with Crippen molar-refractivity contribution in [2.75, 3.05) is 26.4 Å². The smallest absolute Gasteiger partial charge is 0.462 e. The standard InChI is InChI=1S/C44H86NO9P/c1-4-7-9-11-13-15-17-19-21-23-25-27-29-31-33-35-43(47)51-39-41(40-53-55(49,50)52-38-37-45-42(46)6-3)54-44(48)36-34-32-30-28-26-24-22-20-18-16-14-12-10-8-5-2/h41H,4-40H2,1-3H3,(H,45,46)(H,49,50)/t41-/m1/s1. The number of hydrogen-bond donors (Lipinski definition) is 2. The van der Waals surface area contributed by atoms with E-state index in [1.165, 1.54) is 148 Å². The minimum Gasteiger partial charge on any atom is -0.462 e. The highest BCUT2D eigenvalue weighted by molar-refractivity contribution is 7.47. The molecule has 0 aliphatic rings. The Bertz CT molecular complexity index is 935. The zero-order valence-corrected chi connectivity index (χ0v) is 36.8. The van der Waals surface area contributed by atoms with Gasteiger partial charge in [0.1, 0.15) is 6.61 Å². The van der Waals surface area contributed by atoms with Gasteiger partial charge in [-0.3, -0.25) is 23.4 Å². The number of nitrogens with one attached hydrogen (secondary N) is 1. The van der Waals surface area contributed by atoms with Gasteiger partial charge in [-0.05, 0) is 12.8 Å². The molecule has 326 valence electrons. The third kappa shape index (κ3) is 40.5. The third-order valence-electron chi connectivity index (χ3n) is 10.1. The molecular formula is C44H86NO9P. The van der Waals surface area contributed by atoms with Gasteiger partial charge in [-0.25, -0.2) is 4.57 Å². The van der Waals surface area contributed by atoms with Crippen LogP contribution in [0.5, 0.6) is 0 Å². The first-order valence-corrected chi connectivity index (χ1v) is 24.5. The van der Waals surface area contributed by atoms with E-state index >= 15 is 0 Å². The summed E-state index contributed by atoms with van der Waals surface area (Å²) in [6.07, 6.45) is 36.8. The number of phosphoric ester groups is 1. The van der Waals surface area contributed by atoms with Crippen LogP contribution in [-0.4, -0.2) is 55.2 Å². The van der Waals surface area contributed by atoms with Gasteiger partial charge in [0.2, 0.25) is 5.91 Å². The molecule has 1 unspecified atom stereocenters. The highest BCUT2D eigenvalue weighted by Crippen LogP contribution is 2.43. The van der Waals surface area contributed by atoms with Crippen molar-refractivity contribution in [1.29, 1.82) is 0 Å². The lowest BCUT2D eigenvalue weighted by atomic mass is 10.0. The minimum atomic E-state index is -4.49. The number of rotatable bonds is 43. The van der Waals surface area contributed by atoms with Crippen LogP contribution in [0.4, 0.5) is 0 Å². The second-order valence-corrected chi connectivity index (χ2v) is 16.9. The number of unbranched alkanes of at least 4 members (excludes halogenated alkanes) is 28. The number of carbonyl (C=O) groups is 3. The molecule has 2 N–H and O–H groups in total. The van der Waals surface area contributed by atoms with Crippen LogP contribution in [0.15, 0.2) is 0 Å². The van der Waals surface area contributed by atoms with Gasteiger partial charge in [-0.1, -0.05) is 201 Å². The Balaban J connectivity index is 4.32. The second kappa shape index (κ2) is 40.7. The number of amides is 1. The highest BCUT2D eigenvalue weighted by Gasteiger charge is 2.26. The predicted octanol–water partition coefficient (Wildman–Crippen LogP) is 12.6. The lowest BCUT2D eigenvalue weighted by molar-refractivity contribution is -0.161. The van der Waals surface area contributed by atoms with Crippen LogP contribution in [0.1, 0.15) is 233 Å². The van der Waals surface area contributed by atoms with Gasteiger partial charge in [-0.2, -0.15) is 0 Å². The average molecular weight is 804 g/mol. The summed E-state index contributed by atoms with van der Waals surface area (Å²) in [6, 6.07) is 0. The van der Waals surface area contributed by atoms with Gasteiger partial charge >= 0.3 is 19.8 Å². The molecule has 10 nitrogen and oxygen atoms in total. The molecule has 11 heteroatoms. The van der Waals surface area contributed by atoms with Gasteiger partial charge in [-0.15, -0.1) is 0 Å². The van der Waals surface area contributed by atoms with Crippen molar-refractivity contribution in [3.05, 3.63) is 0 Å². The van der Waals surface area contributed by atoms with E-state index in [9.17, 15) is 23.8 Å². The predicted molar refractivity (Wildman–Crippen MR) is 225 cm³/mol. The maximum absolute atomic E-state index is 12.7. The van der Waals surface area contributed by atoms with Gasteiger partial charge < -0.3 is 19.7 Å². The van der Waals surface area contributed by atoms with Gasteiger partial charge in [0.25, 0.3) is 0 Å². The molecule has 0 aliphatic carbocycles. The van der Waals surface area contributed by atoms with Crippen molar-refractivity contribution >= 4 is 25.7 Å². The number of phosphoric acid groups is 1. The fraction of sp³-hybridized carbons (Fsp3) is 0.932. The molecule has 0 saturated heterocycles. The lowest BCUT2D eigenvalue weighted by Gasteiger charge is -2.20. The summed E-state index contributed by atoms with van der Waals surface area (Å²) in [7, 11) is -4.49. The van der Waals surface area contributed by atoms with E-state index in [-0.39, 0.29) is 44.9 Å². The van der Waals surface area contributed by atoms with Crippen LogP contribution in [0.2, 0.25) is 0 Å². The SMILES string of the molecule is CCCCCCCCCCCCCCCCCC(=O)OC[C@H](COP(=O)(O)OCCNC(=O)CC)OC(=O)CCCCCCCCCCCCCCCCC. The van der Waals surface area contributed by atoms with Crippen LogP contribution < -0.4 is 5.32 Å². The van der Waals surface area contributed by atoms with Crippen LogP contribution in [0.25, 0.3) is 0 Å². The third-order valence-corrected chi connectivity index (χ3v) is 11.1. The van der Waals surface area contributed by atoms with E-state index in [0.717, 1.165) is 38.5 Å². The first-order valence-electron chi connectivity index (χ1n) is 23.0. The molecule has 0 aromatic rings. The largest absolute Gasteiger partial charge is 0.472 e. The Morgan fingerprint density at radius 1 is 0.509 bits per heavy atom. The fourth-order valence-electron chi connectivity index (χ4n) is 6.59. The van der Waals surface area contributed by atoms with E-state index in [0.29, 0.717) is 6.42 Å². The number of esters is 2. The van der Waals surface area contributed by atoms with Crippen LogP contribution in [0.3, 0.4) is 0 Å². The van der Waals surface area contributed by atoms with Crippen LogP contribution >= 0.6 is 7.82 Å². The molecule has 0 aliphatic heterocycles. The van der Waals surface area contributed by atoms with Crippen molar-refractivity contribution in [3.63, 3.8) is 0 Å². The van der Waals surface area contributed by atoms with E-state index in [1.807, 2.05) is 0 Å². The first-order chi connectivity index (χ1) is 26.7. The Morgan fingerprint density at radius 2 is 0.873 bits per heavy atom. The molecule has 0 fully saturated rings. The molecule has 0 spiro atoms. The van der Waals surface area contributed by atoms with E-state index in [2.05, 4.69) is 19.2 Å². The maximum atomic E-state index is 12.7. The first kappa shape index (κ1) is 53.5. The summed E-state index contributed by atoms with van der Waals surface area (Å²) < 4.78 is 33.4. The second-order valence-electron chi connectivity index (χ2n) is 15.5. The molecule has 0 rings (SSSR count). The molecular weight excluding hydrogens is 717 g/mol. The monoisotopic (exact) mass is 804 g/mol. The zero-order chi connectivity index (χ0) is 40.5. The molecule has 0 heterocycles. The van der Waals surface area contributed by atoms with Crippen LogP contribution in [0, 0.1) is 0 Å². The van der Waals surface area contributed by atoms with Gasteiger partial charge in [0, 0.05) is 25.8 Å². The summed E-state index contributed by atoms with van der Waals surface area (Å²) in [5, 5.41) is 2.55. The Hall–Kier alpha value is -1.48. The quantitative estimate of drug-likeness (QED) is 0.0350. The lowest BCUT2D eigenvalue weighted by Crippen LogP contribution is -2.30. The zero-order valence-electron chi connectivity index (χ0n) is 35.9. The maximum Gasteiger partial charge on any atom is 0.472 e. The topological polar surface area (TPSA) is 137 Å². The summed E-state index contributed by atoms with van der Waals surface area (Å²) in [5.41, 5.74) is 0. The van der Waals surface area contributed by atoms with Crippen molar-refractivity contribution in [3.8, 4) is 0 Å². The average Bonchev–Trinajstić information content (AvgIpc) is 3.17. The normalized spacial score (nSPS) is 13.0. The molecule has 2 atom stereocenters. The van der Waals surface area contributed by atoms with E-state index in [4.69, 9.17) is 18.5 Å². The molecule has 0 aromatic heterocycles. The van der Waals surface area contributed by atoms with E-state index in [1.54, 1.807) is 6.92 Å². The Labute approximate surface area is 337 Å². The fourth-order valence-corrected chi connectivity index (χ4v) is 7.34. The van der Waals surface area contributed by atoms with Crippen molar-refractivity contribution < 1.29 is 42.4 Å². The van der Waals surface area contributed by atoms with E-state index < -0.39 is 32.5 Å². The minimum absolute atomic E-state index is 0.0508. The number of ether oxygens (including phenoxy) is 2. The molecule has 55 heavy (non-hydrogen) atoms. The van der Waals surface area contributed by atoms with Gasteiger partial charge in [0.15, 0.2) is 6.10 Å². The molecule has 0 saturated carbocycles. The molecule has 0 radical (unpaired) electrons. The number of hydrogen-bond acceptors (Lipinski definition) is 8. The van der Waals surface area contributed by atoms with Crippen molar-refractivity contribution in [1.82, 2.24) is 5.32 Å². The van der Waals surface area contributed by atoms with Crippen LogP contribution in [-0.2, 0) is 37.5 Å². The summed E-state index contributed by atoms with van der Waals surface area (Å²) in [6.45, 7) is 5.30. The molecule has 0 bridgehead atoms. The summed E-state index contributed by atoms with van der Waals surface area (Å²) in [4.78, 5) is 46.6. The van der Waals surface area contributed by atoms with Gasteiger partial charge in [0.05, 0.1) is 13.2 Å².